The minimum absolute atomic E-state index is 0.407. The van der Waals surface area contributed by atoms with Gasteiger partial charge in [0.2, 0.25) is 0 Å². The number of hydrogen-bond donors (Lipinski definition) is 0. The summed E-state index contributed by atoms with van der Waals surface area (Å²) < 4.78 is 0. The molecule has 0 N–H and O–H groups in total. The summed E-state index contributed by atoms with van der Waals surface area (Å²) in [5.74, 6) is 10.7. The fourth-order valence-corrected chi connectivity index (χ4v) is 13.9. The van der Waals surface area contributed by atoms with Crippen molar-refractivity contribution >= 4 is 0 Å². The minimum atomic E-state index is 0.407. The highest BCUT2D eigenvalue weighted by molar-refractivity contribution is 5.30. The maximum Gasteiger partial charge on any atom is -0.0165 e. The third kappa shape index (κ3) is 4.17. The van der Waals surface area contributed by atoms with E-state index in [9.17, 15) is 0 Å². The van der Waals surface area contributed by atoms with Crippen LogP contribution in [-0.2, 0) is 0 Å². The van der Waals surface area contributed by atoms with E-state index in [0.717, 1.165) is 59.2 Å². The Bertz CT molecular complexity index is 899. The summed E-state index contributed by atoms with van der Waals surface area (Å²) in [6.07, 6.45) is 13.5. The molecule has 0 nitrogen and oxygen atoms in total. The molecule has 11 atom stereocenters. The second-order valence-electron chi connectivity index (χ2n) is 17.7. The lowest BCUT2D eigenvalue weighted by Crippen LogP contribution is -2.65. The van der Waals surface area contributed by atoms with Gasteiger partial charge >= 0.3 is 0 Å². The highest BCUT2D eigenvalue weighted by Crippen LogP contribution is 2.74. The molecule has 5 aliphatic carbocycles. The Morgan fingerprint density at radius 1 is 0.789 bits per heavy atom. The molecule has 0 radical (unpaired) electrons. The Morgan fingerprint density at radius 3 is 2.00 bits per heavy atom. The molecular weight excluding hydrogens is 456 g/mol. The summed E-state index contributed by atoms with van der Waals surface area (Å²) in [6, 6.07) is 0. The lowest BCUT2D eigenvalue weighted by atomic mass is 9.33. The smallest absolute Gasteiger partial charge is 0.0165 e. The van der Waals surface area contributed by atoms with E-state index in [1.165, 1.54) is 57.8 Å². The average molecular weight is 523 g/mol. The van der Waals surface area contributed by atoms with Crippen molar-refractivity contribution in [3.8, 4) is 0 Å². The predicted molar refractivity (Wildman–Crippen MR) is 166 cm³/mol. The summed E-state index contributed by atoms with van der Waals surface area (Å²) >= 11 is 0. The number of fused-ring (bicyclic) bond motifs is 3. The normalized spacial score (nSPS) is 53.5. The Labute approximate surface area is 239 Å². The van der Waals surface area contributed by atoms with E-state index >= 15 is 0 Å². The van der Waals surface area contributed by atoms with Crippen LogP contribution in [0, 0.1) is 87.3 Å². The molecule has 11 unspecified atom stereocenters. The largest absolute Gasteiger partial charge is 0.0730 e. The highest BCUT2D eigenvalue weighted by Gasteiger charge is 2.67. The van der Waals surface area contributed by atoms with Gasteiger partial charge in [-0.3, -0.25) is 0 Å². The van der Waals surface area contributed by atoms with Gasteiger partial charge in [-0.05, 0) is 146 Å². The van der Waals surface area contributed by atoms with Crippen LogP contribution in [0.2, 0.25) is 0 Å². The molecule has 5 aliphatic rings. The maximum absolute atomic E-state index is 2.80. The summed E-state index contributed by atoms with van der Waals surface area (Å²) in [6.45, 7) is 31.5. The first-order valence-electron chi connectivity index (χ1n) is 17.4. The fourth-order valence-electron chi connectivity index (χ4n) is 13.9. The molecule has 0 aliphatic heterocycles. The van der Waals surface area contributed by atoms with Crippen molar-refractivity contribution in [3.05, 3.63) is 11.1 Å². The second kappa shape index (κ2) is 9.93. The van der Waals surface area contributed by atoms with Gasteiger partial charge < -0.3 is 0 Å². The molecule has 5 rings (SSSR count). The molecule has 0 heterocycles. The monoisotopic (exact) mass is 523 g/mol. The lowest BCUT2D eigenvalue weighted by Gasteiger charge is -2.72. The van der Waals surface area contributed by atoms with E-state index in [2.05, 4.69) is 83.1 Å². The topological polar surface area (TPSA) is 0 Å². The van der Waals surface area contributed by atoms with Crippen LogP contribution >= 0.6 is 0 Å². The molecule has 0 aromatic heterocycles. The molecule has 0 saturated heterocycles. The van der Waals surface area contributed by atoms with Gasteiger partial charge in [0.05, 0.1) is 0 Å². The predicted octanol–water partition coefficient (Wildman–Crippen LogP) is 11.5. The lowest BCUT2D eigenvalue weighted by molar-refractivity contribution is -0.218. The molecule has 4 fully saturated rings. The Morgan fingerprint density at radius 2 is 1.42 bits per heavy atom. The number of rotatable bonds is 3. The van der Waals surface area contributed by atoms with Crippen molar-refractivity contribution in [2.75, 3.05) is 0 Å². The Hall–Kier alpha value is -0.260. The molecule has 0 heteroatoms. The van der Waals surface area contributed by atoms with Gasteiger partial charge in [-0.15, -0.1) is 0 Å². The van der Waals surface area contributed by atoms with E-state index in [-0.39, 0.29) is 0 Å². The van der Waals surface area contributed by atoms with Crippen LogP contribution < -0.4 is 0 Å². The van der Waals surface area contributed by atoms with E-state index in [4.69, 9.17) is 0 Å². The van der Waals surface area contributed by atoms with Gasteiger partial charge in [0.25, 0.3) is 0 Å². The molecule has 0 spiro atoms. The van der Waals surface area contributed by atoms with Crippen LogP contribution in [-0.4, -0.2) is 0 Å². The van der Waals surface area contributed by atoms with Gasteiger partial charge in [0.15, 0.2) is 0 Å². The first-order chi connectivity index (χ1) is 17.7. The second-order valence-corrected chi connectivity index (χ2v) is 17.7. The molecule has 0 aromatic carbocycles. The van der Waals surface area contributed by atoms with Gasteiger partial charge in [-0.2, -0.15) is 0 Å². The van der Waals surface area contributed by atoms with Gasteiger partial charge in [0, 0.05) is 0 Å². The molecule has 218 valence electrons. The summed E-state index contributed by atoms with van der Waals surface area (Å²) in [5, 5.41) is 0. The standard InChI is InChI=1S/C38H66/c1-22(2)29-14-16-30(17-15-29)31-18-13-24(5)34-26(7)35-28(9)38(12)27(8)33(23(3)4)25(6)19-37(38,11)21-36(35,10)20-32(31)34/h22-24,26-32,34-35H,13-21H2,1-12H3. The fraction of sp³-hybridized carbons (Fsp3) is 0.947. The summed E-state index contributed by atoms with van der Waals surface area (Å²) in [7, 11) is 0. The van der Waals surface area contributed by atoms with Crippen LogP contribution in [0.5, 0.6) is 0 Å². The van der Waals surface area contributed by atoms with Crippen molar-refractivity contribution in [3.63, 3.8) is 0 Å². The van der Waals surface area contributed by atoms with Crippen molar-refractivity contribution in [2.24, 2.45) is 87.3 Å². The summed E-state index contributed by atoms with van der Waals surface area (Å²) in [4.78, 5) is 0. The van der Waals surface area contributed by atoms with E-state index < -0.39 is 0 Å². The number of hydrogen-bond acceptors (Lipinski definition) is 0. The average Bonchev–Trinajstić information content (AvgIpc) is 2.81. The highest BCUT2D eigenvalue weighted by atomic mass is 14.7. The van der Waals surface area contributed by atoms with Crippen LogP contribution in [0.15, 0.2) is 11.1 Å². The van der Waals surface area contributed by atoms with Crippen LogP contribution in [0.1, 0.15) is 141 Å². The van der Waals surface area contributed by atoms with Crippen molar-refractivity contribution in [1.29, 1.82) is 0 Å². The van der Waals surface area contributed by atoms with Crippen LogP contribution in [0.4, 0.5) is 0 Å². The van der Waals surface area contributed by atoms with Crippen LogP contribution in [0.3, 0.4) is 0 Å². The summed E-state index contributed by atoms with van der Waals surface area (Å²) in [5.41, 5.74) is 4.90. The zero-order valence-electron chi connectivity index (χ0n) is 27.8. The van der Waals surface area contributed by atoms with Gasteiger partial charge in [-0.1, -0.05) is 93.7 Å². The van der Waals surface area contributed by atoms with E-state index in [0.29, 0.717) is 28.1 Å². The molecule has 0 amide bonds. The van der Waals surface area contributed by atoms with Crippen molar-refractivity contribution in [2.45, 2.75) is 141 Å². The molecule has 0 bridgehead atoms. The first kappa shape index (κ1) is 29.2. The van der Waals surface area contributed by atoms with Gasteiger partial charge in [0.1, 0.15) is 0 Å². The van der Waals surface area contributed by atoms with E-state index in [1.807, 2.05) is 5.57 Å². The van der Waals surface area contributed by atoms with Crippen molar-refractivity contribution in [1.82, 2.24) is 0 Å². The molecule has 4 saturated carbocycles. The van der Waals surface area contributed by atoms with Gasteiger partial charge in [-0.25, -0.2) is 0 Å². The zero-order valence-corrected chi connectivity index (χ0v) is 27.8. The first-order valence-corrected chi connectivity index (χ1v) is 17.4. The Kier molecular flexibility index (Phi) is 7.64. The van der Waals surface area contributed by atoms with Crippen molar-refractivity contribution < 1.29 is 0 Å². The molecule has 0 aromatic rings. The Balaban J connectivity index is 1.49. The quantitative estimate of drug-likeness (QED) is 0.323. The molecular formula is C38H66. The number of allylic oxidation sites excluding steroid dienone is 2. The third-order valence-corrected chi connectivity index (χ3v) is 15.4. The maximum atomic E-state index is 2.80. The SMILES string of the molecule is CC1=C(C(C)C)C(C)C2(C)C(C)C3C(C)C4C(C)CCC(C5CCC(C(C)C)CC5)C4CC3(C)CC2(C)C1. The zero-order chi connectivity index (χ0) is 27.9. The van der Waals surface area contributed by atoms with E-state index in [1.54, 1.807) is 5.57 Å². The van der Waals surface area contributed by atoms with Crippen LogP contribution in [0.25, 0.3) is 0 Å². The molecule has 38 heavy (non-hydrogen) atoms. The minimum Gasteiger partial charge on any atom is -0.0730 e. The third-order valence-electron chi connectivity index (χ3n) is 15.4.